The Bertz CT molecular complexity index is 1470. The number of nitrogens with one attached hydrogen (secondary N) is 1. The fourth-order valence-corrected chi connectivity index (χ4v) is 5.12. The van der Waals surface area contributed by atoms with E-state index >= 15 is 0 Å². The number of benzene rings is 3. The Labute approximate surface area is 219 Å². The van der Waals surface area contributed by atoms with Crippen molar-refractivity contribution in [2.75, 3.05) is 6.54 Å². The minimum absolute atomic E-state index is 0.00609. The summed E-state index contributed by atoms with van der Waals surface area (Å²) in [6.45, 7) is 0.934. The maximum absolute atomic E-state index is 14.2. The SMILES string of the molecule is NCc1cccc(-c2cc(CC(=O)N3CCCC3C(=O)NCc3cccc(Cl)c3F)cc3ccoc23)c1. The van der Waals surface area contributed by atoms with Crippen molar-refractivity contribution >= 4 is 34.4 Å². The van der Waals surface area contributed by atoms with Gasteiger partial charge in [0.25, 0.3) is 0 Å². The standard InChI is InChI=1S/C29H27ClFN3O3/c30-24-7-2-6-22(27(24)31)17-33-29(36)25-8-3-10-34(25)26(35)15-19-13-21-9-11-37-28(21)23(14-19)20-5-1-4-18(12-20)16-32/h1-2,4-7,9,11-14,25H,3,8,10,15-17,32H2,(H,33,36). The predicted octanol–water partition coefficient (Wildman–Crippen LogP) is 5.20. The molecule has 1 aliphatic heterocycles. The Kier molecular flexibility index (Phi) is 7.26. The second-order valence-electron chi connectivity index (χ2n) is 9.24. The van der Waals surface area contributed by atoms with Gasteiger partial charge in [-0.2, -0.15) is 0 Å². The molecule has 1 aromatic heterocycles. The van der Waals surface area contributed by atoms with Crippen LogP contribution in [0.4, 0.5) is 4.39 Å². The summed E-state index contributed by atoms with van der Waals surface area (Å²) < 4.78 is 20.0. The summed E-state index contributed by atoms with van der Waals surface area (Å²) in [6, 6.07) is 17.8. The van der Waals surface area contributed by atoms with Gasteiger partial charge < -0.3 is 20.4 Å². The lowest BCUT2D eigenvalue weighted by Crippen LogP contribution is -2.46. The van der Waals surface area contributed by atoms with Crippen LogP contribution in [0.3, 0.4) is 0 Å². The van der Waals surface area contributed by atoms with Crippen molar-refractivity contribution in [2.45, 2.75) is 38.4 Å². The summed E-state index contributed by atoms with van der Waals surface area (Å²) in [7, 11) is 0. The number of carbonyl (C=O) groups excluding carboxylic acids is 2. The van der Waals surface area contributed by atoms with E-state index in [1.807, 2.05) is 42.5 Å². The molecule has 1 unspecified atom stereocenters. The van der Waals surface area contributed by atoms with Crippen LogP contribution < -0.4 is 11.1 Å². The fraction of sp³-hybridized carbons (Fsp3) is 0.241. The van der Waals surface area contributed by atoms with Gasteiger partial charge in [-0.3, -0.25) is 9.59 Å². The van der Waals surface area contributed by atoms with Crippen LogP contribution in [0.15, 0.2) is 71.3 Å². The van der Waals surface area contributed by atoms with E-state index in [0.717, 1.165) is 39.6 Å². The Balaban J connectivity index is 1.33. The highest BCUT2D eigenvalue weighted by molar-refractivity contribution is 6.30. The number of rotatable bonds is 7. The van der Waals surface area contributed by atoms with Crippen LogP contribution in [0.1, 0.15) is 29.5 Å². The van der Waals surface area contributed by atoms with Crippen molar-refractivity contribution < 1.29 is 18.4 Å². The van der Waals surface area contributed by atoms with Crippen LogP contribution in [-0.4, -0.2) is 29.3 Å². The summed E-state index contributed by atoms with van der Waals surface area (Å²) >= 11 is 5.84. The topological polar surface area (TPSA) is 88.6 Å². The molecule has 1 saturated heterocycles. The Morgan fingerprint density at radius 3 is 2.78 bits per heavy atom. The van der Waals surface area contributed by atoms with Crippen LogP contribution in [-0.2, 0) is 29.1 Å². The van der Waals surface area contributed by atoms with Crippen molar-refractivity contribution in [2.24, 2.45) is 5.73 Å². The van der Waals surface area contributed by atoms with E-state index in [2.05, 4.69) is 5.32 Å². The third-order valence-corrected chi connectivity index (χ3v) is 7.09. The van der Waals surface area contributed by atoms with Gasteiger partial charge in [-0.1, -0.05) is 41.9 Å². The number of nitrogens with two attached hydrogens (primary N) is 1. The van der Waals surface area contributed by atoms with Crippen molar-refractivity contribution in [3.05, 3.63) is 94.5 Å². The van der Waals surface area contributed by atoms with Gasteiger partial charge in [-0.25, -0.2) is 4.39 Å². The van der Waals surface area contributed by atoms with Gasteiger partial charge in [0, 0.05) is 36.1 Å². The molecular weight excluding hydrogens is 493 g/mol. The molecule has 5 rings (SSSR count). The molecule has 0 radical (unpaired) electrons. The van der Waals surface area contributed by atoms with Crippen LogP contribution in [0, 0.1) is 5.82 Å². The molecule has 6 nitrogen and oxygen atoms in total. The van der Waals surface area contributed by atoms with Crippen LogP contribution >= 0.6 is 11.6 Å². The summed E-state index contributed by atoms with van der Waals surface area (Å²) in [5.41, 5.74) is 10.6. The van der Waals surface area contributed by atoms with E-state index in [4.69, 9.17) is 21.8 Å². The first-order valence-corrected chi connectivity index (χ1v) is 12.6. The van der Waals surface area contributed by atoms with Crippen molar-refractivity contribution in [1.29, 1.82) is 0 Å². The zero-order chi connectivity index (χ0) is 25.9. The lowest BCUT2D eigenvalue weighted by Gasteiger charge is -2.24. The normalized spacial score (nSPS) is 15.3. The number of carbonyl (C=O) groups is 2. The molecule has 1 atom stereocenters. The number of hydrogen-bond acceptors (Lipinski definition) is 4. The van der Waals surface area contributed by atoms with E-state index in [-0.39, 0.29) is 29.8 Å². The quantitative estimate of drug-likeness (QED) is 0.351. The van der Waals surface area contributed by atoms with E-state index in [0.29, 0.717) is 25.1 Å². The number of likely N-dealkylation sites (tertiary alicyclic amines) is 1. The molecule has 37 heavy (non-hydrogen) atoms. The molecule has 2 amide bonds. The minimum Gasteiger partial charge on any atom is -0.464 e. The highest BCUT2D eigenvalue weighted by Crippen LogP contribution is 2.32. The Morgan fingerprint density at radius 2 is 1.95 bits per heavy atom. The number of furan rings is 1. The second-order valence-corrected chi connectivity index (χ2v) is 9.65. The summed E-state index contributed by atoms with van der Waals surface area (Å²) in [4.78, 5) is 27.9. The highest BCUT2D eigenvalue weighted by atomic mass is 35.5. The van der Waals surface area contributed by atoms with Gasteiger partial charge in [0.15, 0.2) is 0 Å². The first-order chi connectivity index (χ1) is 17.9. The number of halogens is 2. The van der Waals surface area contributed by atoms with Crippen molar-refractivity contribution in [1.82, 2.24) is 10.2 Å². The molecule has 0 bridgehead atoms. The van der Waals surface area contributed by atoms with Crippen molar-refractivity contribution in [3.63, 3.8) is 0 Å². The van der Waals surface area contributed by atoms with Gasteiger partial charge in [-0.15, -0.1) is 0 Å². The third-order valence-electron chi connectivity index (χ3n) is 6.80. The lowest BCUT2D eigenvalue weighted by atomic mass is 9.97. The molecule has 3 aromatic carbocycles. The maximum atomic E-state index is 14.2. The minimum atomic E-state index is -0.590. The molecule has 4 aromatic rings. The predicted molar refractivity (Wildman–Crippen MR) is 141 cm³/mol. The monoisotopic (exact) mass is 519 g/mol. The highest BCUT2D eigenvalue weighted by Gasteiger charge is 2.34. The smallest absolute Gasteiger partial charge is 0.243 e. The van der Waals surface area contributed by atoms with Gasteiger partial charge in [0.1, 0.15) is 17.4 Å². The first-order valence-electron chi connectivity index (χ1n) is 12.2. The van der Waals surface area contributed by atoms with Crippen LogP contribution in [0.2, 0.25) is 5.02 Å². The zero-order valence-corrected chi connectivity index (χ0v) is 20.9. The lowest BCUT2D eigenvalue weighted by molar-refractivity contribution is -0.138. The molecule has 190 valence electrons. The molecule has 0 spiro atoms. The third kappa shape index (κ3) is 5.24. The fourth-order valence-electron chi connectivity index (χ4n) is 4.93. The zero-order valence-electron chi connectivity index (χ0n) is 20.2. The van der Waals surface area contributed by atoms with E-state index in [9.17, 15) is 14.0 Å². The number of hydrogen-bond donors (Lipinski definition) is 2. The largest absolute Gasteiger partial charge is 0.464 e. The second kappa shape index (κ2) is 10.7. The van der Waals surface area contributed by atoms with Gasteiger partial charge in [-0.05, 0) is 59.9 Å². The summed E-state index contributed by atoms with van der Waals surface area (Å²) in [5, 5.41) is 3.67. The van der Waals surface area contributed by atoms with E-state index in [1.54, 1.807) is 23.3 Å². The molecule has 8 heteroatoms. The van der Waals surface area contributed by atoms with Gasteiger partial charge >= 0.3 is 0 Å². The molecule has 0 saturated carbocycles. The van der Waals surface area contributed by atoms with E-state index in [1.165, 1.54) is 6.07 Å². The molecular formula is C29H27ClFN3O3. The Hall–Kier alpha value is -3.68. The maximum Gasteiger partial charge on any atom is 0.243 e. The van der Waals surface area contributed by atoms with Crippen LogP contribution in [0.25, 0.3) is 22.1 Å². The molecule has 2 heterocycles. The first kappa shape index (κ1) is 25.0. The van der Waals surface area contributed by atoms with E-state index < -0.39 is 11.9 Å². The van der Waals surface area contributed by atoms with Gasteiger partial charge in [0.05, 0.1) is 17.7 Å². The van der Waals surface area contributed by atoms with Crippen LogP contribution in [0.5, 0.6) is 0 Å². The average molecular weight is 520 g/mol. The number of amides is 2. The Morgan fingerprint density at radius 1 is 1.11 bits per heavy atom. The number of fused-ring (bicyclic) bond motifs is 1. The molecule has 1 aliphatic rings. The summed E-state index contributed by atoms with van der Waals surface area (Å²) in [6.07, 6.45) is 3.08. The molecule has 0 aliphatic carbocycles. The number of nitrogens with zero attached hydrogens (tertiary/aromatic N) is 1. The van der Waals surface area contributed by atoms with Gasteiger partial charge in [0.2, 0.25) is 11.8 Å². The summed E-state index contributed by atoms with van der Waals surface area (Å²) in [5.74, 6) is -0.975. The molecule has 3 N–H and O–H groups in total. The molecule has 1 fully saturated rings. The average Bonchev–Trinajstić information content (AvgIpc) is 3.59. The van der Waals surface area contributed by atoms with Crippen molar-refractivity contribution in [3.8, 4) is 11.1 Å².